The first-order chi connectivity index (χ1) is 8.24. The highest BCUT2D eigenvalue weighted by Gasteiger charge is 2.21. The normalized spacial score (nSPS) is 18.1. The van der Waals surface area contributed by atoms with Gasteiger partial charge in [0.15, 0.2) is 5.82 Å². The van der Waals surface area contributed by atoms with Gasteiger partial charge in [0, 0.05) is 17.8 Å². The lowest BCUT2D eigenvalue weighted by molar-refractivity contribution is 0.698. The number of rotatable bonds is 1. The summed E-state index contributed by atoms with van der Waals surface area (Å²) in [7, 11) is 0. The van der Waals surface area contributed by atoms with Crippen molar-refractivity contribution in [1.82, 2.24) is 9.97 Å². The Hall–Kier alpha value is -1.74. The van der Waals surface area contributed by atoms with E-state index in [0.29, 0.717) is 0 Å². The molecule has 2 N–H and O–H groups in total. The number of hydrogen-bond acceptors (Lipinski definition) is 3. The van der Waals surface area contributed by atoms with Crippen molar-refractivity contribution in [2.24, 2.45) is 5.73 Å². The van der Waals surface area contributed by atoms with Gasteiger partial charge in [-0.15, -0.1) is 0 Å². The number of nitrogens with zero attached hydrogens (tertiary/aromatic N) is 2. The van der Waals surface area contributed by atoms with E-state index in [0.717, 1.165) is 29.9 Å². The average Bonchev–Trinajstić information content (AvgIpc) is 2.72. The number of aryl methyl sites for hydroxylation is 2. The second-order valence-electron chi connectivity index (χ2n) is 4.62. The fourth-order valence-electron chi connectivity index (χ4n) is 2.22. The van der Waals surface area contributed by atoms with E-state index in [-0.39, 0.29) is 6.04 Å². The number of hydrogen-bond donors (Lipinski definition) is 1. The van der Waals surface area contributed by atoms with E-state index in [9.17, 15) is 0 Å². The number of benzene rings is 1. The van der Waals surface area contributed by atoms with Crippen LogP contribution in [-0.2, 0) is 6.42 Å². The molecule has 0 bridgehead atoms. The summed E-state index contributed by atoms with van der Waals surface area (Å²) in [6.45, 7) is 2.07. The molecule has 1 aliphatic carbocycles. The average molecular weight is 225 g/mol. The van der Waals surface area contributed by atoms with E-state index in [1.165, 1.54) is 11.1 Å². The third kappa shape index (κ3) is 1.83. The third-order valence-electron chi connectivity index (χ3n) is 3.28. The predicted octanol–water partition coefficient (Wildman–Crippen LogP) is 2.40. The Morgan fingerprint density at radius 3 is 2.76 bits per heavy atom. The Kier molecular flexibility index (Phi) is 2.41. The minimum absolute atomic E-state index is 0.0807. The predicted molar refractivity (Wildman–Crippen MR) is 67.5 cm³/mol. The Balaban J connectivity index is 2.05. The maximum Gasteiger partial charge on any atom is 0.159 e. The van der Waals surface area contributed by atoms with Gasteiger partial charge in [-0.1, -0.05) is 29.8 Å². The van der Waals surface area contributed by atoms with Crippen LogP contribution in [-0.4, -0.2) is 9.97 Å². The van der Waals surface area contributed by atoms with Crippen molar-refractivity contribution in [1.29, 1.82) is 0 Å². The highest BCUT2D eigenvalue weighted by atomic mass is 14.9. The van der Waals surface area contributed by atoms with E-state index in [1.54, 1.807) is 0 Å². The topological polar surface area (TPSA) is 51.8 Å². The van der Waals surface area contributed by atoms with Crippen LogP contribution in [0.15, 0.2) is 30.5 Å². The van der Waals surface area contributed by atoms with E-state index in [4.69, 9.17) is 5.73 Å². The summed E-state index contributed by atoms with van der Waals surface area (Å²) in [4.78, 5) is 9.02. The lowest BCUT2D eigenvalue weighted by atomic mass is 10.1. The Morgan fingerprint density at radius 2 is 2.00 bits per heavy atom. The molecule has 1 aromatic carbocycles. The number of nitrogens with two attached hydrogens (primary N) is 1. The molecule has 1 aromatic heterocycles. The first kappa shape index (κ1) is 10.4. The summed E-state index contributed by atoms with van der Waals surface area (Å²) >= 11 is 0. The van der Waals surface area contributed by atoms with Gasteiger partial charge in [0.25, 0.3) is 0 Å². The molecule has 0 spiro atoms. The standard InChI is InChI=1S/C14H15N3/c1-9-2-4-10(5-3-9)14-16-8-11-6-7-12(15)13(11)17-14/h2-5,8,12H,6-7,15H2,1H3. The second-order valence-corrected chi connectivity index (χ2v) is 4.62. The van der Waals surface area contributed by atoms with Crippen molar-refractivity contribution in [3.05, 3.63) is 47.3 Å². The van der Waals surface area contributed by atoms with Crippen LogP contribution in [0.3, 0.4) is 0 Å². The van der Waals surface area contributed by atoms with Gasteiger partial charge in [0.05, 0.1) is 5.69 Å². The molecular formula is C14H15N3. The molecule has 0 amide bonds. The Bertz CT molecular complexity index is 546. The molecule has 0 aliphatic heterocycles. The molecular weight excluding hydrogens is 210 g/mol. The van der Waals surface area contributed by atoms with E-state index >= 15 is 0 Å². The molecule has 1 heterocycles. The lowest BCUT2D eigenvalue weighted by Gasteiger charge is -2.06. The fourth-order valence-corrected chi connectivity index (χ4v) is 2.22. The van der Waals surface area contributed by atoms with Crippen LogP contribution in [0.25, 0.3) is 11.4 Å². The zero-order chi connectivity index (χ0) is 11.8. The van der Waals surface area contributed by atoms with Gasteiger partial charge in [-0.3, -0.25) is 0 Å². The molecule has 0 saturated carbocycles. The molecule has 1 atom stereocenters. The summed E-state index contributed by atoms with van der Waals surface area (Å²) in [6, 6.07) is 8.34. The van der Waals surface area contributed by atoms with Crippen molar-refractivity contribution < 1.29 is 0 Å². The van der Waals surface area contributed by atoms with Crippen LogP contribution >= 0.6 is 0 Å². The molecule has 17 heavy (non-hydrogen) atoms. The van der Waals surface area contributed by atoms with Crippen LogP contribution in [0, 0.1) is 6.92 Å². The van der Waals surface area contributed by atoms with Crippen molar-refractivity contribution in [3.63, 3.8) is 0 Å². The molecule has 3 heteroatoms. The van der Waals surface area contributed by atoms with Gasteiger partial charge in [-0.05, 0) is 25.3 Å². The summed E-state index contributed by atoms with van der Waals surface area (Å²) in [6.07, 6.45) is 3.91. The minimum atomic E-state index is 0.0807. The van der Waals surface area contributed by atoms with E-state index in [2.05, 4.69) is 41.2 Å². The van der Waals surface area contributed by atoms with Crippen molar-refractivity contribution in [2.75, 3.05) is 0 Å². The molecule has 1 unspecified atom stereocenters. The van der Waals surface area contributed by atoms with E-state index in [1.807, 2.05) is 6.20 Å². The van der Waals surface area contributed by atoms with Gasteiger partial charge >= 0.3 is 0 Å². The third-order valence-corrected chi connectivity index (χ3v) is 3.28. The largest absolute Gasteiger partial charge is 0.323 e. The van der Waals surface area contributed by atoms with Crippen LogP contribution in [0.5, 0.6) is 0 Å². The van der Waals surface area contributed by atoms with Gasteiger partial charge in [0.2, 0.25) is 0 Å². The summed E-state index contributed by atoms with van der Waals surface area (Å²) in [5, 5.41) is 0. The molecule has 86 valence electrons. The van der Waals surface area contributed by atoms with Crippen molar-refractivity contribution in [2.45, 2.75) is 25.8 Å². The Morgan fingerprint density at radius 1 is 1.24 bits per heavy atom. The van der Waals surface area contributed by atoms with Crippen LogP contribution < -0.4 is 5.73 Å². The highest BCUT2D eigenvalue weighted by Crippen LogP contribution is 2.28. The minimum Gasteiger partial charge on any atom is -0.323 e. The maximum absolute atomic E-state index is 6.03. The van der Waals surface area contributed by atoms with Gasteiger partial charge in [-0.25, -0.2) is 9.97 Å². The van der Waals surface area contributed by atoms with Gasteiger partial charge in [0.1, 0.15) is 0 Å². The quantitative estimate of drug-likeness (QED) is 0.810. The molecule has 0 saturated heterocycles. The second kappa shape index (κ2) is 3.93. The van der Waals surface area contributed by atoms with Crippen molar-refractivity contribution >= 4 is 0 Å². The Labute approximate surface area is 101 Å². The number of fused-ring (bicyclic) bond motifs is 1. The summed E-state index contributed by atoms with van der Waals surface area (Å²) < 4.78 is 0. The van der Waals surface area contributed by atoms with Gasteiger partial charge < -0.3 is 5.73 Å². The fraction of sp³-hybridized carbons (Fsp3) is 0.286. The summed E-state index contributed by atoms with van der Waals surface area (Å²) in [5.74, 6) is 0.779. The zero-order valence-corrected chi connectivity index (χ0v) is 9.85. The smallest absolute Gasteiger partial charge is 0.159 e. The lowest BCUT2D eigenvalue weighted by Crippen LogP contribution is -2.08. The van der Waals surface area contributed by atoms with E-state index < -0.39 is 0 Å². The molecule has 3 nitrogen and oxygen atoms in total. The maximum atomic E-state index is 6.03. The first-order valence-electron chi connectivity index (χ1n) is 5.92. The van der Waals surface area contributed by atoms with Gasteiger partial charge in [-0.2, -0.15) is 0 Å². The summed E-state index contributed by atoms with van der Waals surface area (Å²) in [5.41, 5.74) is 10.5. The molecule has 0 fully saturated rings. The first-order valence-corrected chi connectivity index (χ1v) is 5.92. The molecule has 3 rings (SSSR count). The number of aromatic nitrogens is 2. The molecule has 2 aromatic rings. The van der Waals surface area contributed by atoms with Crippen molar-refractivity contribution in [3.8, 4) is 11.4 Å². The zero-order valence-electron chi connectivity index (χ0n) is 9.85. The van der Waals surface area contributed by atoms with Crippen LogP contribution in [0.1, 0.15) is 29.3 Å². The SMILES string of the molecule is Cc1ccc(-c2ncc3c(n2)C(N)CC3)cc1. The van der Waals surface area contributed by atoms with Crippen LogP contribution in [0.2, 0.25) is 0 Å². The monoisotopic (exact) mass is 225 g/mol. The molecule has 1 aliphatic rings. The van der Waals surface area contributed by atoms with Crippen LogP contribution in [0.4, 0.5) is 0 Å². The highest BCUT2D eigenvalue weighted by molar-refractivity contribution is 5.56. The molecule has 0 radical (unpaired) electrons.